The summed E-state index contributed by atoms with van der Waals surface area (Å²) in [6, 6.07) is 13.6. The Labute approximate surface area is 149 Å². The Hall–Kier alpha value is -1.76. The van der Waals surface area contributed by atoms with E-state index in [1.54, 1.807) is 12.1 Å². The predicted octanol–water partition coefficient (Wildman–Crippen LogP) is 4.23. The van der Waals surface area contributed by atoms with Gasteiger partial charge in [-0.25, -0.2) is 0 Å². The molecule has 134 valence electrons. The summed E-state index contributed by atoms with van der Waals surface area (Å²) < 4.78 is 41.0. The second-order valence-electron chi connectivity index (χ2n) is 5.86. The lowest BCUT2D eigenvalue weighted by molar-refractivity contribution is -0.274. The van der Waals surface area contributed by atoms with E-state index in [1.165, 1.54) is 12.1 Å². The largest absolute Gasteiger partial charge is 0.573 e. The molecule has 7 heteroatoms. The van der Waals surface area contributed by atoms with E-state index >= 15 is 0 Å². The zero-order valence-electron chi connectivity index (χ0n) is 13.4. The van der Waals surface area contributed by atoms with E-state index in [0.29, 0.717) is 5.02 Å². The van der Waals surface area contributed by atoms with Crippen LogP contribution in [0.15, 0.2) is 48.5 Å². The zero-order valence-corrected chi connectivity index (χ0v) is 14.1. The molecule has 0 spiro atoms. The Kier molecular flexibility index (Phi) is 5.51. The first-order chi connectivity index (χ1) is 11.9. The first-order valence-corrected chi connectivity index (χ1v) is 8.36. The minimum absolute atomic E-state index is 0.0423. The van der Waals surface area contributed by atoms with Crippen LogP contribution in [0.4, 0.5) is 13.2 Å². The number of ether oxygens (including phenoxy) is 1. The molecule has 1 heterocycles. The zero-order chi connectivity index (χ0) is 17.9. The van der Waals surface area contributed by atoms with Gasteiger partial charge in [-0.1, -0.05) is 35.9 Å². The van der Waals surface area contributed by atoms with E-state index in [2.05, 4.69) is 15.0 Å². The SMILES string of the molecule is FC(F)(F)Oc1ccc([C@H](c2ccc(Cl)cc2)N2CCNCC2)cc1. The van der Waals surface area contributed by atoms with Gasteiger partial charge in [0, 0.05) is 31.2 Å². The van der Waals surface area contributed by atoms with Gasteiger partial charge in [-0.2, -0.15) is 0 Å². The molecule has 1 atom stereocenters. The van der Waals surface area contributed by atoms with E-state index in [-0.39, 0.29) is 11.8 Å². The fourth-order valence-corrected chi connectivity index (χ4v) is 3.18. The maximum atomic E-state index is 12.3. The summed E-state index contributed by atoms with van der Waals surface area (Å²) in [5.74, 6) is -0.216. The van der Waals surface area contributed by atoms with Gasteiger partial charge in [-0.15, -0.1) is 13.2 Å². The van der Waals surface area contributed by atoms with Crippen molar-refractivity contribution in [2.45, 2.75) is 12.4 Å². The van der Waals surface area contributed by atoms with Crippen LogP contribution < -0.4 is 10.1 Å². The molecule has 3 nitrogen and oxygen atoms in total. The Balaban J connectivity index is 1.89. The van der Waals surface area contributed by atoms with E-state index in [0.717, 1.165) is 37.3 Å². The van der Waals surface area contributed by atoms with Crippen molar-refractivity contribution in [1.82, 2.24) is 10.2 Å². The van der Waals surface area contributed by atoms with E-state index in [4.69, 9.17) is 11.6 Å². The molecule has 1 saturated heterocycles. The summed E-state index contributed by atoms with van der Waals surface area (Å²) in [5, 5.41) is 3.96. The average molecular weight is 371 g/mol. The molecule has 2 aromatic rings. The third kappa shape index (κ3) is 4.87. The molecule has 1 N–H and O–H groups in total. The van der Waals surface area contributed by atoms with Crippen molar-refractivity contribution in [2.75, 3.05) is 26.2 Å². The third-order valence-corrected chi connectivity index (χ3v) is 4.38. The molecule has 1 aliphatic rings. The number of nitrogens with zero attached hydrogens (tertiary/aromatic N) is 1. The third-order valence-electron chi connectivity index (χ3n) is 4.13. The molecule has 0 bridgehead atoms. The van der Waals surface area contributed by atoms with Gasteiger partial charge in [0.05, 0.1) is 6.04 Å². The van der Waals surface area contributed by atoms with Crippen molar-refractivity contribution in [3.8, 4) is 5.75 Å². The normalized spacial score (nSPS) is 17.3. The van der Waals surface area contributed by atoms with Crippen molar-refractivity contribution in [3.05, 3.63) is 64.7 Å². The summed E-state index contributed by atoms with van der Waals surface area (Å²) >= 11 is 5.98. The minimum atomic E-state index is -4.68. The molecular formula is C18H18ClF3N2O. The summed E-state index contributed by atoms with van der Waals surface area (Å²) in [6.07, 6.45) is -4.68. The van der Waals surface area contributed by atoms with Gasteiger partial charge < -0.3 is 10.1 Å². The van der Waals surface area contributed by atoms with Crippen LogP contribution in [0.2, 0.25) is 5.02 Å². The lowest BCUT2D eigenvalue weighted by atomic mass is 9.96. The molecule has 0 saturated carbocycles. The summed E-state index contributed by atoms with van der Waals surface area (Å²) in [4.78, 5) is 2.30. The van der Waals surface area contributed by atoms with Crippen LogP contribution in [0, 0.1) is 0 Å². The van der Waals surface area contributed by atoms with Gasteiger partial charge in [-0.05, 0) is 35.4 Å². The molecule has 25 heavy (non-hydrogen) atoms. The molecule has 1 fully saturated rings. The highest BCUT2D eigenvalue weighted by molar-refractivity contribution is 6.30. The molecule has 2 aromatic carbocycles. The van der Waals surface area contributed by atoms with Gasteiger partial charge in [-0.3, -0.25) is 4.90 Å². The Bertz CT molecular complexity index is 683. The lowest BCUT2D eigenvalue weighted by Crippen LogP contribution is -2.45. The fourth-order valence-electron chi connectivity index (χ4n) is 3.05. The number of alkyl halides is 3. The Morgan fingerprint density at radius 3 is 1.96 bits per heavy atom. The topological polar surface area (TPSA) is 24.5 Å². The number of hydrogen-bond donors (Lipinski definition) is 1. The van der Waals surface area contributed by atoms with E-state index < -0.39 is 6.36 Å². The standard InChI is InChI=1S/C18H18ClF3N2O/c19-15-5-1-13(2-6-15)17(24-11-9-23-10-12-24)14-3-7-16(8-4-14)25-18(20,21)22/h1-8,17,23H,9-12H2/t17-/m0/s1. The minimum Gasteiger partial charge on any atom is -0.406 e. The van der Waals surface area contributed by atoms with Crippen LogP contribution in [0.25, 0.3) is 0 Å². The van der Waals surface area contributed by atoms with Gasteiger partial charge in [0.25, 0.3) is 0 Å². The highest BCUT2D eigenvalue weighted by Gasteiger charge is 2.31. The van der Waals surface area contributed by atoms with E-state index in [1.807, 2.05) is 24.3 Å². The second-order valence-corrected chi connectivity index (χ2v) is 6.29. The number of benzene rings is 2. The van der Waals surface area contributed by atoms with Crippen molar-refractivity contribution >= 4 is 11.6 Å². The van der Waals surface area contributed by atoms with Crippen LogP contribution in [0.3, 0.4) is 0 Å². The monoisotopic (exact) mass is 370 g/mol. The van der Waals surface area contributed by atoms with Gasteiger partial charge in [0.15, 0.2) is 0 Å². The Morgan fingerprint density at radius 2 is 1.44 bits per heavy atom. The molecular weight excluding hydrogens is 353 g/mol. The van der Waals surface area contributed by atoms with Crippen LogP contribution in [0.1, 0.15) is 17.2 Å². The van der Waals surface area contributed by atoms with E-state index in [9.17, 15) is 13.2 Å². The molecule has 1 aliphatic heterocycles. The highest BCUT2D eigenvalue weighted by atomic mass is 35.5. The van der Waals surface area contributed by atoms with Gasteiger partial charge in [0.2, 0.25) is 0 Å². The molecule has 0 aromatic heterocycles. The van der Waals surface area contributed by atoms with Crippen molar-refractivity contribution < 1.29 is 17.9 Å². The second kappa shape index (κ2) is 7.64. The first kappa shape index (κ1) is 18.0. The number of halogens is 4. The average Bonchev–Trinajstić information content (AvgIpc) is 2.58. The number of nitrogens with one attached hydrogen (secondary N) is 1. The lowest BCUT2D eigenvalue weighted by Gasteiger charge is -2.35. The van der Waals surface area contributed by atoms with Crippen LogP contribution >= 0.6 is 11.6 Å². The van der Waals surface area contributed by atoms with Crippen LogP contribution in [-0.4, -0.2) is 37.4 Å². The Morgan fingerprint density at radius 1 is 0.920 bits per heavy atom. The van der Waals surface area contributed by atoms with Crippen LogP contribution in [0.5, 0.6) is 5.75 Å². The predicted molar refractivity (Wildman–Crippen MR) is 90.9 cm³/mol. The maximum absolute atomic E-state index is 12.3. The van der Waals surface area contributed by atoms with Crippen LogP contribution in [-0.2, 0) is 0 Å². The maximum Gasteiger partial charge on any atom is 0.573 e. The van der Waals surface area contributed by atoms with Crippen molar-refractivity contribution in [1.29, 1.82) is 0 Å². The first-order valence-electron chi connectivity index (χ1n) is 7.98. The fraction of sp³-hybridized carbons (Fsp3) is 0.333. The van der Waals surface area contributed by atoms with Crippen molar-refractivity contribution in [2.24, 2.45) is 0 Å². The number of rotatable bonds is 4. The number of piperazine rings is 1. The molecule has 0 aliphatic carbocycles. The molecule has 3 rings (SSSR count). The molecule has 0 radical (unpaired) electrons. The van der Waals surface area contributed by atoms with Crippen molar-refractivity contribution in [3.63, 3.8) is 0 Å². The molecule has 0 amide bonds. The number of hydrogen-bond acceptors (Lipinski definition) is 3. The smallest absolute Gasteiger partial charge is 0.406 e. The summed E-state index contributed by atoms with van der Waals surface area (Å²) in [5.41, 5.74) is 1.97. The van der Waals surface area contributed by atoms with Gasteiger partial charge >= 0.3 is 6.36 Å². The highest BCUT2D eigenvalue weighted by Crippen LogP contribution is 2.32. The quantitative estimate of drug-likeness (QED) is 0.871. The molecule has 0 unspecified atom stereocenters. The van der Waals surface area contributed by atoms with Gasteiger partial charge in [0.1, 0.15) is 5.75 Å². The summed E-state index contributed by atoms with van der Waals surface area (Å²) in [6.45, 7) is 3.46. The summed E-state index contributed by atoms with van der Waals surface area (Å²) in [7, 11) is 0.